The summed E-state index contributed by atoms with van der Waals surface area (Å²) in [6.07, 6.45) is 1.98. The van der Waals surface area contributed by atoms with Crippen molar-refractivity contribution in [1.29, 1.82) is 5.41 Å². The van der Waals surface area contributed by atoms with Gasteiger partial charge in [-0.05, 0) is 25.6 Å². The molecular formula is C9H19N3S. The zero-order valence-corrected chi connectivity index (χ0v) is 9.07. The molecular weight excluding hydrogens is 182 g/mol. The Labute approximate surface area is 84.6 Å². The highest BCUT2D eigenvalue weighted by atomic mass is 32.2. The Morgan fingerprint density at radius 3 is 3.00 bits per heavy atom. The van der Waals surface area contributed by atoms with Crippen molar-refractivity contribution in [3.8, 4) is 0 Å². The lowest BCUT2D eigenvalue weighted by atomic mass is 10.2. The van der Waals surface area contributed by atoms with Crippen LogP contribution >= 0.6 is 11.8 Å². The molecule has 4 heteroatoms. The summed E-state index contributed by atoms with van der Waals surface area (Å²) in [7, 11) is 0. The second-order valence-corrected chi connectivity index (χ2v) is 4.81. The minimum absolute atomic E-state index is 0.310. The minimum Gasteiger partial charge on any atom is -0.388 e. The molecule has 0 aromatic rings. The van der Waals surface area contributed by atoms with Crippen LogP contribution in [0.25, 0.3) is 0 Å². The van der Waals surface area contributed by atoms with Crippen molar-refractivity contribution in [2.24, 2.45) is 5.73 Å². The first-order valence-corrected chi connectivity index (χ1v) is 6.00. The molecule has 1 saturated heterocycles. The molecule has 1 heterocycles. The fourth-order valence-corrected chi connectivity index (χ4v) is 2.55. The molecule has 3 nitrogen and oxygen atoms in total. The molecule has 13 heavy (non-hydrogen) atoms. The third kappa shape index (κ3) is 4.00. The van der Waals surface area contributed by atoms with E-state index < -0.39 is 0 Å². The third-order valence-corrected chi connectivity index (χ3v) is 3.44. The second kappa shape index (κ2) is 5.50. The molecule has 0 amide bonds. The molecule has 1 rings (SSSR count). The van der Waals surface area contributed by atoms with Crippen molar-refractivity contribution in [3.63, 3.8) is 0 Å². The van der Waals surface area contributed by atoms with Gasteiger partial charge in [0, 0.05) is 24.8 Å². The molecule has 0 aliphatic carbocycles. The molecule has 1 unspecified atom stereocenters. The number of nitrogens with one attached hydrogen (secondary N) is 1. The zero-order chi connectivity index (χ0) is 9.68. The lowest BCUT2D eigenvalue weighted by molar-refractivity contribution is 0.230. The van der Waals surface area contributed by atoms with Crippen LogP contribution in [0.4, 0.5) is 0 Å². The van der Waals surface area contributed by atoms with Crippen LogP contribution in [-0.4, -0.2) is 41.4 Å². The van der Waals surface area contributed by atoms with Crippen LogP contribution < -0.4 is 5.73 Å². The summed E-state index contributed by atoms with van der Waals surface area (Å²) < 4.78 is 0. The van der Waals surface area contributed by atoms with Crippen LogP contribution in [0.3, 0.4) is 0 Å². The minimum atomic E-state index is 0.310. The topological polar surface area (TPSA) is 53.1 Å². The second-order valence-electron chi connectivity index (χ2n) is 3.58. The zero-order valence-electron chi connectivity index (χ0n) is 8.25. The number of rotatable bonds is 3. The number of nitrogens with two attached hydrogens (primary N) is 1. The van der Waals surface area contributed by atoms with E-state index in [0.717, 1.165) is 6.54 Å². The molecule has 1 atom stereocenters. The summed E-state index contributed by atoms with van der Waals surface area (Å²) in [5.41, 5.74) is 5.39. The summed E-state index contributed by atoms with van der Waals surface area (Å²) in [6, 6.07) is 0.441. The van der Waals surface area contributed by atoms with Crippen molar-refractivity contribution >= 4 is 17.6 Å². The molecule has 1 aliphatic rings. The quantitative estimate of drug-likeness (QED) is 0.532. The Morgan fingerprint density at radius 2 is 2.31 bits per heavy atom. The SMILES string of the molecule is CC(CC(=N)N)N1CCCSCC1. The predicted molar refractivity (Wildman–Crippen MR) is 59.5 cm³/mol. The van der Waals surface area contributed by atoms with Crippen molar-refractivity contribution in [2.45, 2.75) is 25.8 Å². The summed E-state index contributed by atoms with van der Waals surface area (Å²) >= 11 is 2.03. The van der Waals surface area contributed by atoms with E-state index in [1.807, 2.05) is 11.8 Å². The molecule has 0 radical (unpaired) electrons. The van der Waals surface area contributed by atoms with E-state index in [1.54, 1.807) is 0 Å². The van der Waals surface area contributed by atoms with Gasteiger partial charge < -0.3 is 5.73 Å². The van der Waals surface area contributed by atoms with E-state index in [9.17, 15) is 0 Å². The van der Waals surface area contributed by atoms with Gasteiger partial charge in [-0.3, -0.25) is 10.3 Å². The first-order chi connectivity index (χ1) is 6.20. The van der Waals surface area contributed by atoms with Crippen molar-refractivity contribution < 1.29 is 0 Å². The van der Waals surface area contributed by atoms with Gasteiger partial charge in [-0.1, -0.05) is 0 Å². The van der Waals surface area contributed by atoms with Crippen LogP contribution in [0.5, 0.6) is 0 Å². The van der Waals surface area contributed by atoms with Gasteiger partial charge in [-0.2, -0.15) is 11.8 Å². The highest BCUT2D eigenvalue weighted by molar-refractivity contribution is 7.99. The van der Waals surface area contributed by atoms with Gasteiger partial charge in [0.1, 0.15) is 0 Å². The van der Waals surface area contributed by atoms with Gasteiger partial charge in [-0.25, -0.2) is 0 Å². The van der Waals surface area contributed by atoms with E-state index in [4.69, 9.17) is 11.1 Å². The Kier molecular flexibility index (Phi) is 4.59. The average molecular weight is 201 g/mol. The van der Waals surface area contributed by atoms with Crippen LogP contribution in [0.2, 0.25) is 0 Å². The molecule has 3 N–H and O–H groups in total. The standard InChI is InChI=1S/C9H19N3S/c1-8(7-9(10)11)12-3-2-5-13-6-4-12/h8H,2-7H2,1H3,(H3,10,11). The normalized spacial score (nSPS) is 22.2. The van der Waals surface area contributed by atoms with E-state index >= 15 is 0 Å². The fraction of sp³-hybridized carbons (Fsp3) is 0.889. The number of hydrogen-bond acceptors (Lipinski definition) is 3. The first-order valence-electron chi connectivity index (χ1n) is 4.85. The first kappa shape index (κ1) is 10.9. The lowest BCUT2D eigenvalue weighted by Gasteiger charge is -2.26. The summed E-state index contributed by atoms with van der Waals surface area (Å²) in [6.45, 7) is 4.48. The molecule has 0 bridgehead atoms. The summed E-state index contributed by atoms with van der Waals surface area (Å²) in [5, 5.41) is 7.24. The Bertz CT molecular complexity index is 164. The largest absolute Gasteiger partial charge is 0.388 e. The third-order valence-electron chi connectivity index (χ3n) is 2.40. The number of amidine groups is 1. The maximum Gasteiger partial charge on any atom is 0.0920 e. The Balaban J connectivity index is 2.34. The van der Waals surface area contributed by atoms with E-state index in [0.29, 0.717) is 18.3 Å². The predicted octanol–water partition coefficient (Wildman–Crippen LogP) is 1.14. The van der Waals surface area contributed by atoms with Gasteiger partial charge in [0.15, 0.2) is 0 Å². The van der Waals surface area contributed by atoms with Gasteiger partial charge in [0.05, 0.1) is 5.84 Å². The van der Waals surface area contributed by atoms with Gasteiger partial charge in [-0.15, -0.1) is 0 Å². The number of hydrogen-bond donors (Lipinski definition) is 2. The Morgan fingerprint density at radius 1 is 1.54 bits per heavy atom. The van der Waals surface area contributed by atoms with Gasteiger partial charge >= 0.3 is 0 Å². The molecule has 1 fully saturated rings. The molecule has 0 spiro atoms. The maximum absolute atomic E-state index is 7.24. The van der Waals surface area contributed by atoms with E-state index in [2.05, 4.69) is 11.8 Å². The average Bonchev–Trinajstić information content (AvgIpc) is 2.29. The number of nitrogens with zero attached hydrogens (tertiary/aromatic N) is 1. The Hall–Kier alpha value is -0.220. The van der Waals surface area contributed by atoms with Crippen LogP contribution in [0.15, 0.2) is 0 Å². The molecule has 0 aromatic heterocycles. The highest BCUT2D eigenvalue weighted by Gasteiger charge is 2.15. The molecule has 1 aliphatic heterocycles. The molecule has 0 aromatic carbocycles. The van der Waals surface area contributed by atoms with Crippen LogP contribution in [0, 0.1) is 5.41 Å². The monoisotopic (exact) mass is 201 g/mol. The van der Waals surface area contributed by atoms with Gasteiger partial charge in [0.25, 0.3) is 0 Å². The fourth-order valence-electron chi connectivity index (χ4n) is 1.65. The van der Waals surface area contributed by atoms with E-state index in [-0.39, 0.29) is 0 Å². The lowest BCUT2D eigenvalue weighted by Crippen LogP contribution is -2.37. The summed E-state index contributed by atoms with van der Waals surface area (Å²) in [4.78, 5) is 2.45. The maximum atomic E-state index is 7.24. The van der Waals surface area contributed by atoms with Crippen molar-refractivity contribution in [1.82, 2.24) is 4.90 Å². The number of thioether (sulfide) groups is 1. The van der Waals surface area contributed by atoms with Crippen LogP contribution in [0.1, 0.15) is 19.8 Å². The van der Waals surface area contributed by atoms with Crippen LogP contribution in [-0.2, 0) is 0 Å². The molecule has 76 valence electrons. The van der Waals surface area contributed by atoms with Gasteiger partial charge in [0.2, 0.25) is 0 Å². The van der Waals surface area contributed by atoms with Crippen molar-refractivity contribution in [3.05, 3.63) is 0 Å². The smallest absolute Gasteiger partial charge is 0.0920 e. The summed E-state index contributed by atoms with van der Waals surface area (Å²) in [5.74, 6) is 2.82. The molecule has 0 saturated carbocycles. The highest BCUT2D eigenvalue weighted by Crippen LogP contribution is 2.13. The van der Waals surface area contributed by atoms with E-state index in [1.165, 1.54) is 24.5 Å². The van der Waals surface area contributed by atoms with Crippen molar-refractivity contribution in [2.75, 3.05) is 24.6 Å².